The van der Waals surface area contributed by atoms with Crippen molar-refractivity contribution in [1.29, 1.82) is 0 Å². The number of imidazole rings is 1. The molecule has 3 aromatic heterocycles. The number of pyridine rings is 1. The largest absolute Gasteiger partial charge is 0.391 e. The molecular formula is C29H31F3N6O. The fraction of sp³-hybridized carbons (Fsp3) is 0.414. The SMILES string of the molecule is C[C@H]1CN(c2ccncc2Cc2ncc3ccc(-c4c(F)cc(C5(F)CCCC5)cc4F)nn23)C[C@@H](N)[C@@H]1O. The minimum absolute atomic E-state index is 0.00312. The first-order chi connectivity index (χ1) is 18.7. The Morgan fingerprint density at radius 2 is 1.82 bits per heavy atom. The van der Waals surface area contributed by atoms with Gasteiger partial charge in [-0.1, -0.05) is 6.92 Å². The number of rotatable bonds is 5. The Balaban J connectivity index is 1.33. The van der Waals surface area contributed by atoms with Gasteiger partial charge >= 0.3 is 0 Å². The summed E-state index contributed by atoms with van der Waals surface area (Å²) in [7, 11) is 0. The maximum absolute atomic E-state index is 15.2. The maximum atomic E-state index is 15.2. The van der Waals surface area contributed by atoms with Gasteiger partial charge in [-0.05, 0) is 61.6 Å². The molecule has 0 spiro atoms. The average Bonchev–Trinajstić information content (AvgIpc) is 3.54. The van der Waals surface area contributed by atoms with Crippen LogP contribution < -0.4 is 10.6 Å². The third kappa shape index (κ3) is 4.65. The predicted molar refractivity (Wildman–Crippen MR) is 142 cm³/mol. The molecule has 1 saturated carbocycles. The fourth-order valence-electron chi connectivity index (χ4n) is 6.03. The predicted octanol–water partition coefficient (Wildman–Crippen LogP) is 4.54. The molecule has 204 valence electrons. The second kappa shape index (κ2) is 9.91. The first-order valence-corrected chi connectivity index (χ1v) is 13.4. The highest BCUT2D eigenvalue weighted by Gasteiger charge is 2.37. The zero-order valence-corrected chi connectivity index (χ0v) is 21.7. The monoisotopic (exact) mass is 536 g/mol. The molecule has 1 aliphatic carbocycles. The van der Waals surface area contributed by atoms with Gasteiger partial charge in [-0.3, -0.25) is 4.98 Å². The number of alkyl halides is 1. The lowest BCUT2D eigenvalue weighted by molar-refractivity contribution is 0.0784. The standard InChI is InChI=1S/C29H31F3N6O/c1-17-15-37(16-23(33)28(17)39)25-6-9-34-13-18(25)10-26-35-14-20-4-5-24(36-38(20)26)27-21(30)11-19(12-22(27)31)29(32)7-2-3-8-29/h4-6,9,11-14,17,23,28,39H,2-3,7-8,10,15-16,33H2,1H3/t17-,23+,28+/m0/s1. The van der Waals surface area contributed by atoms with E-state index in [9.17, 15) is 5.11 Å². The number of hydrogen-bond donors (Lipinski definition) is 2. The van der Waals surface area contributed by atoms with Crippen LogP contribution in [0.2, 0.25) is 0 Å². The van der Waals surface area contributed by atoms with Gasteiger partial charge in [-0.15, -0.1) is 0 Å². The van der Waals surface area contributed by atoms with Crippen molar-refractivity contribution in [1.82, 2.24) is 19.6 Å². The van der Waals surface area contributed by atoms with Crippen molar-refractivity contribution in [3.63, 3.8) is 0 Å². The summed E-state index contributed by atoms with van der Waals surface area (Å²) in [6.07, 6.45) is 6.87. The van der Waals surface area contributed by atoms with Crippen LogP contribution in [0.15, 0.2) is 48.9 Å². The van der Waals surface area contributed by atoms with Crippen molar-refractivity contribution in [2.45, 2.75) is 56.8 Å². The van der Waals surface area contributed by atoms with Crippen LogP contribution in [0.1, 0.15) is 49.6 Å². The number of hydrogen-bond acceptors (Lipinski definition) is 6. The molecule has 0 unspecified atom stereocenters. The molecule has 10 heteroatoms. The number of piperidine rings is 1. The van der Waals surface area contributed by atoms with Crippen molar-refractivity contribution in [2.75, 3.05) is 18.0 Å². The molecule has 6 rings (SSSR count). The molecule has 0 radical (unpaired) electrons. The summed E-state index contributed by atoms with van der Waals surface area (Å²) in [6, 6.07) is 7.00. The lowest BCUT2D eigenvalue weighted by atomic mass is 9.92. The molecule has 0 bridgehead atoms. The third-order valence-electron chi connectivity index (χ3n) is 8.19. The number of benzene rings is 1. The van der Waals surface area contributed by atoms with E-state index in [4.69, 9.17) is 5.73 Å². The highest BCUT2D eigenvalue weighted by Crippen LogP contribution is 2.43. The summed E-state index contributed by atoms with van der Waals surface area (Å²) in [6.45, 7) is 3.12. The Kier molecular flexibility index (Phi) is 6.55. The average molecular weight is 537 g/mol. The van der Waals surface area contributed by atoms with Crippen molar-refractivity contribution in [2.24, 2.45) is 11.7 Å². The van der Waals surface area contributed by atoms with Gasteiger partial charge in [0.2, 0.25) is 0 Å². The van der Waals surface area contributed by atoms with E-state index in [1.54, 1.807) is 35.2 Å². The first kappa shape index (κ1) is 25.8. The Hall–Kier alpha value is -3.50. The van der Waals surface area contributed by atoms with E-state index >= 15 is 13.2 Å². The Labute approximate surface area is 224 Å². The van der Waals surface area contributed by atoms with Gasteiger partial charge in [0.25, 0.3) is 0 Å². The highest BCUT2D eigenvalue weighted by molar-refractivity contribution is 5.64. The number of aromatic nitrogens is 4. The highest BCUT2D eigenvalue weighted by atomic mass is 19.1. The zero-order valence-electron chi connectivity index (χ0n) is 21.7. The Morgan fingerprint density at radius 3 is 2.54 bits per heavy atom. The van der Waals surface area contributed by atoms with Crippen LogP contribution in [0.5, 0.6) is 0 Å². The minimum Gasteiger partial charge on any atom is -0.391 e. The molecule has 3 atom stereocenters. The van der Waals surface area contributed by atoms with Crippen LogP contribution in [-0.4, -0.2) is 49.9 Å². The van der Waals surface area contributed by atoms with Gasteiger partial charge in [-0.2, -0.15) is 5.10 Å². The summed E-state index contributed by atoms with van der Waals surface area (Å²) >= 11 is 0. The summed E-state index contributed by atoms with van der Waals surface area (Å²) in [4.78, 5) is 11.0. The van der Waals surface area contributed by atoms with Gasteiger partial charge in [0, 0.05) is 55.1 Å². The van der Waals surface area contributed by atoms with E-state index in [0.717, 1.165) is 23.4 Å². The topological polar surface area (TPSA) is 92.6 Å². The van der Waals surface area contributed by atoms with E-state index in [2.05, 4.69) is 20.0 Å². The zero-order chi connectivity index (χ0) is 27.3. The van der Waals surface area contributed by atoms with Crippen LogP contribution in [0.25, 0.3) is 16.8 Å². The van der Waals surface area contributed by atoms with E-state index in [-0.39, 0.29) is 41.6 Å². The number of fused-ring (bicyclic) bond motifs is 1. The minimum atomic E-state index is -1.69. The number of nitrogens with two attached hydrogens (primary N) is 1. The van der Waals surface area contributed by atoms with Gasteiger partial charge in [0.1, 0.15) is 23.1 Å². The van der Waals surface area contributed by atoms with Crippen molar-refractivity contribution >= 4 is 11.2 Å². The Morgan fingerprint density at radius 1 is 1.08 bits per heavy atom. The van der Waals surface area contributed by atoms with Crippen LogP contribution >= 0.6 is 0 Å². The Bertz CT molecular complexity index is 1480. The maximum Gasteiger partial charge on any atom is 0.136 e. The summed E-state index contributed by atoms with van der Waals surface area (Å²) < 4.78 is 47.2. The van der Waals surface area contributed by atoms with E-state index in [1.807, 2.05) is 13.0 Å². The molecule has 2 fully saturated rings. The molecule has 7 nitrogen and oxygen atoms in total. The molecule has 1 aromatic carbocycles. The molecule has 39 heavy (non-hydrogen) atoms. The lowest BCUT2D eigenvalue weighted by Gasteiger charge is -2.40. The van der Waals surface area contributed by atoms with E-state index in [1.165, 1.54) is 0 Å². The van der Waals surface area contributed by atoms with Crippen molar-refractivity contribution in [3.8, 4) is 11.3 Å². The smallest absolute Gasteiger partial charge is 0.136 e. The van der Waals surface area contributed by atoms with Crippen molar-refractivity contribution < 1.29 is 18.3 Å². The summed E-state index contributed by atoms with van der Waals surface area (Å²) in [5.74, 6) is -1.10. The van der Waals surface area contributed by atoms with Crippen LogP contribution in [0.4, 0.5) is 18.9 Å². The van der Waals surface area contributed by atoms with Crippen LogP contribution in [0.3, 0.4) is 0 Å². The van der Waals surface area contributed by atoms with Gasteiger partial charge in [0.05, 0.1) is 29.1 Å². The number of aliphatic hydroxyl groups excluding tert-OH is 1. The van der Waals surface area contributed by atoms with E-state index < -0.39 is 23.4 Å². The van der Waals surface area contributed by atoms with Gasteiger partial charge < -0.3 is 15.7 Å². The molecule has 1 aliphatic heterocycles. The molecule has 3 N–H and O–H groups in total. The fourth-order valence-corrected chi connectivity index (χ4v) is 6.03. The number of aliphatic hydroxyl groups is 1. The second-order valence-electron chi connectivity index (χ2n) is 10.9. The number of nitrogens with zero attached hydrogens (tertiary/aromatic N) is 5. The molecule has 1 saturated heterocycles. The summed E-state index contributed by atoms with van der Waals surface area (Å²) in [5, 5.41) is 14.8. The van der Waals surface area contributed by atoms with Crippen LogP contribution in [-0.2, 0) is 12.1 Å². The van der Waals surface area contributed by atoms with E-state index in [0.29, 0.717) is 43.7 Å². The van der Waals surface area contributed by atoms with Crippen molar-refractivity contribution in [3.05, 3.63) is 77.5 Å². The van der Waals surface area contributed by atoms with Crippen LogP contribution in [0, 0.1) is 17.6 Å². The third-order valence-corrected chi connectivity index (χ3v) is 8.19. The molecule has 2 aliphatic rings. The lowest BCUT2D eigenvalue weighted by Crippen LogP contribution is -2.55. The number of anilines is 1. The normalized spacial score (nSPS) is 23.0. The molecular weight excluding hydrogens is 505 g/mol. The number of halogens is 3. The quantitative estimate of drug-likeness (QED) is 0.389. The molecule has 4 heterocycles. The van der Waals surface area contributed by atoms with Gasteiger partial charge in [0.15, 0.2) is 0 Å². The van der Waals surface area contributed by atoms with Gasteiger partial charge in [-0.25, -0.2) is 22.7 Å². The first-order valence-electron chi connectivity index (χ1n) is 13.4. The second-order valence-corrected chi connectivity index (χ2v) is 10.9. The molecule has 0 amide bonds. The molecule has 4 aromatic rings. The summed E-state index contributed by atoms with van der Waals surface area (Å²) in [5.41, 5.74) is 6.84.